The van der Waals surface area contributed by atoms with Crippen LogP contribution in [0.15, 0.2) is 64.2 Å². The zero-order valence-electron chi connectivity index (χ0n) is 12.2. The van der Waals surface area contributed by atoms with E-state index in [0.717, 1.165) is 10.5 Å². The molecule has 0 fully saturated rings. The second kappa shape index (κ2) is 5.98. The van der Waals surface area contributed by atoms with Gasteiger partial charge >= 0.3 is 0 Å². The minimum atomic E-state index is 0.633. The lowest BCUT2D eigenvalue weighted by Crippen LogP contribution is -2.08. The van der Waals surface area contributed by atoms with Gasteiger partial charge in [-0.15, -0.1) is 0 Å². The van der Waals surface area contributed by atoms with Crippen LogP contribution in [0.4, 0.5) is 0 Å². The topological polar surface area (TPSA) is 60.9 Å². The smallest absolute Gasteiger partial charge is 0.236 e. The van der Waals surface area contributed by atoms with Gasteiger partial charge in [0.15, 0.2) is 4.80 Å². The van der Waals surface area contributed by atoms with E-state index in [1.54, 1.807) is 16.0 Å². The van der Waals surface area contributed by atoms with E-state index in [2.05, 4.69) is 36.6 Å². The van der Waals surface area contributed by atoms with E-state index in [1.807, 2.05) is 49.5 Å². The van der Waals surface area contributed by atoms with Crippen LogP contribution >= 0.6 is 23.3 Å². The highest BCUT2D eigenvalue weighted by molar-refractivity contribution is 7.97. The van der Waals surface area contributed by atoms with Gasteiger partial charge in [-0.25, -0.2) is 0 Å². The fourth-order valence-corrected chi connectivity index (χ4v) is 3.94. The van der Waals surface area contributed by atoms with Gasteiger partial charge in [0, 0.05) is 7.05 Å². The average molecular weight is 340 g/mol. The van der Waals surface area contributed by atoms with Crippen molar-refractivity contribution in [2.24, 2.45) is 11.4 Å². The fourth-order valence-electron chi connectivity index (χ4n) is 2.22. The van der Waals surface area contributed by atoms with Crippen molar-refractivity contribution in [3.05, 3.63) is 59.4 Å². The SMILES string of the molecule is Cn1/c(=N\Sc2nnnn2-c2ccccc2)sc2ccccc21. The summed E-state index contributed by atoms with van der Waals surface area (Å²) in [6.45, 7) is 0. The Kier molecular flexibility index (Phi) is 3.68. The predicted molar refractivity (Wildman–Crippen MR) is 91.4 cm³/mol. The minimum Gasteiger partial charge on any atom is -0.319 e. The Hall–Kier alpha value is -2.45. The van der Waals surface area contributed by atoms with Crippen LogP contribution in [-0.4, -0.2) is 24.8 Å². The van der Waals surface area contributed by atoms with Crippen molar-refractivity contribution in [2.45, 2.75) is 5.16 Å². The maximum absolute atomic E-state index is 4.61. The van der Waals surface area contributed by atoms with Gasteiger partial charge in [0.25, 0.3) is 0 Å². The number of benzene rings is 2. The van der Waals surface area contributed by atoms with Gasteiger partial charge in [0.05, 0.1) is 27.9 Å². The predicted octanol–water partition coefficient (Wildman–Crippen LogP) is 2.82. The normalized spacial score (nSPS) is 12.1. The lowest BCUT2D eigenvalue weighted by Gasteiger charge is -2.00. The standard InChI is InChI=1S/C15H12N6S2/c1-20-12-9-5-6-10-13(12)22-15(20)17-23-14-16-18-19-21(14)11-7-3-2-4-8-11/h2-10H,1H3/b17-15+. The summed E-state index contributed by atoms with van der Waals surface area (Å²) in [5.41, 5.74) is 2.08. The third-order valence-electron chi connectivity index (χ3n) is 3.36. The number of hydrogen-bond donors (Lipinski definition) is 0. The maximum atomic E-state index is 4.61. The third kappa shape index (κ3) is 2.66. The zero-order valence-corrected chi connectivity index (χ0v) is 13.8. The molecule has 2 aromatic heterocycles. The van der Waals surface area contributed by atoms with E-state index >= 15 is 0 Å². The summed E-state index contributed by atoms with van der Waals surface area (Å²) in [6, 6.07) is 18.0. The number of rotatable bonds is 3. The van der Waals surface area contributed by atoms with Crippen LogP contribution in [0.25, 0.3) is 15.9 Å². The van der Waals surface area contributed by atoms with Crippen molar-refractivity contribution < 1.29 is 0 Å². The Balaban J connectivity index is 1.72. The van der Waals surface area contributed by atoms with Crippen LogP contribution in [0.1, 0.15) is 0 Å². The molecular weight excluding hydrogens is 328 g/mol. The second-order valence-electron chi connectivity index (χ2n) is 4.80. The van der Waals surface area contributed by atoms with Crippen molar-refractivity contribution in [3.8, 4) is 5.69 Å². The number of tetrazole rings is 1. The first-order valence-electron chi connectivity index (χ1n) is 6.92. The molecule has 0 aliphatic heterocycles. The number of para-hydroxylation sites is 2. The van der Waals surface area contributed by atoms with Gasteiger partial charge in [0.1, 0.15) is 0 Å². The number of thiazole rings is 1. The van der Waals surface area contributed by atoms with Gasteiger partial charge in [-0.05, 0) is 34.7 Å². The van der Waals surface area contributed by atoms with Gasteiger partial charge in [0.2, 0.25) is 5.16 Å². The van der Waals surface area contributed by atoms with Gasteiger partial charge in [-0.3, -0.25) is 0 Å². The summed E-state index contributed by atoms with van der Waals surface area (Å²) < 4.78 is 9.57. The van der Waals surface area contributed by atoms with Crippen LogP contribution < -0.4 is 4.80 Å². The molecule has 0 bridgehead atoms. The lowest BCUT2D eigenvalue weighted by atomic mass is 10.3. The maximum Gasteiger partial charge on any atom is 0.236 e. The summed E-state index contributed by atoms with van der Waals surface area (Å²) in [6.07, 6.45) is 0. The van der Waals surface area contributed by atoms with Crippen LogP contribution in [0.2, 0.25) is 0 Å². The number of aromatic nitrogens is 5. The Labute approximate surface area is 140 Å². The Morgan fingerprint density at radius 1 is 1.04 bits per heavy atom. The Morgan fingerprint density at radius 3 is 2.65 bits per heavy atom. The molecule has 0 aliphatic rings. The molecule has 0 saturated carbocycles. The zero-order chi connectivity index (χ0) is 15.6. The lowest BCUT2D eigenvalue weighted by molar-refractivity contribution is 0.756. The average Bonchev–Trinajstić information content (AvgIpc) is 3.19. The van der Waals surface area contributed by atoms with Crippen molar-refractivity contribution in [2.75, 3.05) is 0 Å². The number of aryl methyl sites for hydroxylation is 1. The van der Waals surface area contributed by atoms with E-state index in [-0.39, 0.29) is 0 Å². The largest absolute Gasteiger partial charge is 0.319 e. The summed E-state index contributed by atoms with van der Waals surface area (Å²) in [5, 5.41) is 12.5. The molecule has 0 radical (unpaired) electrons. The van der Waals surface area contributed by atoms with Crippen molar-refractivity contribution >= 4 is 33.5 Å². The highest BCUT2D eigenvalue weighted by Gasteiger charge is 2.09. The molecule has 0 aliphatic carbocycles. The van der Waals surface area contributed by atoms with Crippen molar-refractivity contribution in [3.63, 3.8) is 0 Å². The van der Waals surface area contributed by atoms with Crippen molar-refractivity contribution in [1.29, 1.82) is 0 Å². The highest BCUT2D eigenvalue weighted by Crippen LogP contribution is 2.20. The molecular formula is C15H12N6S2. The molecule has 2 heterocycles. The van der Waals surface area contributed by atoms with Gasteiger partial charge < -0.3 is 4.57 Å². The summed E-state index contributed by atoms with van der Waals surface area (Å²) in [5.74, 6) is 0. The molecule has 0 N–H and O–H groups in total. The molecule has 0 spiro atoms. The molecule has 2 aromatic carbocycles. The van der Waals surface area contributed by atoms with Crippen LogP contribution in [-0.2, 0) is 7.05 Å². The highest BCUT2D eigenvalue weighted by atomic mass is 32.2. The fraction of sp³-hybridized carbons (Fsp3) is 0.0667. The molecule has 0 atom stereocenters. The number of nitrogens with zero attached hydrogens (tertiary/aromatic N) is 6. The van der Waals surface area contributed by atoms with Gasteiger partial charge in [-0.1, -0.05) is 46.8 Å². The van der Waals surface area contributed by atoms with E-state index < -0.39 is 0 Å². The van der Waals surface area contributed by atoms with Gasteiger partial charge in [-0.2, -0.15) is 9.08 Å². The molecule has 0 unspecified atom stereocenters. The minimum absolute atomic E-state index is 0.633. The molecule has 0 amide bonds. The van der Waals surface area contributed by atoms with Crippen LogP contribution in [0.5, 0.6) is 0 Å². The quantitative estimate of drug-likeness (QED) is 0.538. The summed E-state index contributed by atoms with van der Waals surface area (Å²) >= 11 is 2.92. The first-order chi connectivity index (χ1) is 11.3. The summed E-state index contributed by atoms with van der Waals surface area (Å²) in [7, 11) is 2.01. The Morgan fingerprint density at radius 2 is 1.83 bits per heavy atom. The Bertz CT molecular complexity index is 1020. The molecule has 8 heteroatoms. The third-order valence-corrected chi connectivity index (χ3v) is 5.27. The van der Waals surface area contributed by atoms with Crippen molar-refractivity contribution in [1.82, 2.24) is 24.8 Å². The number of fused-ring (bicyclic) bond motifs is 1. The molecule has 0 saturated heterocycles. The van der Waals surface area contributed by atoms with Crippen LogP contribution in [0.3, 0.4) is 0 Å². The first kappa shape index (κ1) is 14.2. The number of hydrogen-bond acceptors (Lipinski definition) is 6. The molecule has 114 valence electrons. The monoisotopic (exact) mass is 340 g/mol. The molecule has 23 heavy (non-hydrogen) atoms. The molecule has 6 nitrogen and oxygen atoms in total. The van der Waals surface area contributed by atoms with E-state index in [1.165, 1.54) is 22.2 Å². The first-order valence-corrected chi connectivity index (χ1v) is 8.51. The van der Waals surface area contributed by atoms with E-state index in [0.29, 0.717) is 5.16 Å². The molecule has 4 rings (SSSR count). The van der Waals surface area contributed by atoms with Crippen LogP contribution in [0, 0.1) is 0 Å². The summed E-state index contributed by atoms with van der Waals surface area (Å²) in [4.78, 5) is 0.916. The molecule has 4 aromatic rings. The van der Waals surface area contributed by atoms with E-state index in [9.17, 15) is 0 Å². The van der Waals surface area contributed by atoms with E-state index in [4.69, 9.17) is 0 Å². The second-order valence-corrected chi connectivity index (χ2v) is 6.54.